The molecule has 0 spiro atoms. The third-order valence-corrected chi connectivity index (χ3v) is 6.57. The van der Waals surface area contributed by atoms with Gasteiger partial charge in [0.15, 0.2) is 5.82 Å². The summed E-state index contributed by atoms with van der Waals surface area (Å²) in [5.74, 6) is 0.951. The molecule has 1 aliphatic carbocycles. The van der Waals surface area contributed by atoms with E-state index in [1.54, 1.807) is 17.2 Å². The van der Waals surface area contributed by atoms with Crippen molar-refractivity contribution in [1.29, 1.82) is 10.8 Å². The lowest BCUT2D eigenvalue weighted by molar-refractivity contribution is 0.0377. The van der Waals surface area contributed by atoms with Gasteiger partial charge < -0.3 is 15.4 Å². The highest BCUT2D eigenvalue weighted by Crippen LogP contribution is 2.42. The minimum Gasteiger partial charge on any atom is -0.444 e. The zero-order valence-corrected chi connectivity index (χ0v) is 20.7. The number of benzene rings is 2. The van der Waals surface area contributed by atoms with Gasteiger partial charge in [-0.1, -0.05) is 36.4 Å². The van der Waals surface area contributed by atoms with Crippen molar-refractivity contribution >= 4 is 35.0 Å². The molecule has 0 radical (unpaired) electrons. The van der Waals surface area contributed by atoms with Crippen molar-refractivity contribution in [1.82, 2.24) is 10.3 Å². The Morgan fingerprint density at radius 3 is 2.47 bits per heavy atom. The number of amidine groups is 2. The summed E-state index contributed by atoms with van der Waals surface area (Å²) >= 11 is 0. The Balaban J connectivity index is 1.44. The maximum atomic E-state index is 12.5. The lowest BCUT2D eigenvalue weighted by Gasteiger charge is -2.43. The van der Waals surface area contributed by atoms with Crippen molar-refractivity contribution < 1.29 is 9.53 Å². The van der Waals surface area contributed by atoms with E-state index in [2.05, 4.69) is 15.6 Å². The van der Waals surface area contributed by atoms with Crippen LogP contribution in [0, 0.1) is 10.8 Å². The molecule has 0 saturated heterocycles. The number of carbonyl (C=O) groups excluding carboxylic acids is 1. The average Bonchev–Trinajstić information content (AvgIpc) is 2.94. The predicted octanol–water partition coefficient (Wildman–Crippen LogP) is 5.90. The molecular weight excluding hydrogens is 452 g/mol. The summed E-state index contributed by atoms with van der Waals surface area (Å²) in [5.41, 5.74) is 2.71. The highest BCUT2D eigenvalue weighted by atomic mass is 16.6. The number of carbonyl (C=O) groups is 1. The number of alkyl carbamates (subject to hydrolysis) is 1. The zero-order chi connectivity index (χ0) is 25.5. The van der Waals surface area contributed by atoms with Gasteiger partial charge in [-0.25, -0.2) is 9.78 Å². The summed E-state index contributed by atoms with van der Waals surface area (Å²) in [6, 6.07) is 18.9. The molecule has 1 amide bonds. The topological polar surface area (TPSA) is 114 Å². The number of fused-ring (bicyclic) bond motifs is 2. The minimum atomic E-state index is -0.565. The Labute approximate surface area is 210 Å². The second-order valence-electron chi connectivity index (χ2n) is 10.2. The van der Waals surface area contributed by atoms with Crippen LogP contribution in [0.4, 0.5) is 22.0 Å². The molecule has 36 heavy (non-hydrogen) atoms. The number of nitrogens with one attached hydrogen (secondary N) is 4. The zero-order valence-electron chi connectivity index (χ0n) is 20.7. The molecule has 2 heterocycles. The summed E-state index contributed by atoms with van der Waals surface area (Å²) < 4.78 is 5.49. The van der Waals surface area contributed by atoms with Gasteiger partial charge in [-0.15, -0.1) is 0 Å². The number of hydrogen-bond acceptors (Lipinski definition) is 6. The van der Waals surface area contributed by atoms with E-state index in [4.69, 9.17) is 15.6 Å². The van der Waals surface area contributed by atoms with E-state index in [9.17, 15) is 4.79 Å². The number of pyridine rings is 1. The lowest BCUT2D eigenvalue weighted by atomic mass is 9.72. The highest BCUT2D eigenvalue weighted by Gasteiger charge is 2.41. The first-order chi connectivity index (χ1) is 17.2. The van der Waals surface area contributed by atoms with Crippen LogP contribution in [0.1, 0.15) is 56.7 Å². The summed E-state index contributed by atoms with van der Waals surface area (Å²) in [5, 5.41) is 24.4. The molecule has 1 aliphatic heterocycles. The van der Waals surface area contributed by atoms with Crippen LogP contribution in [-0.2, 0) is 10.3 Å². The summed E-state index contributed by atoms with van der Waals surface area (Å²) in [6.45, 7) is 5.55. The third-order valence-electron chi connectivity index (χ3n) is 6.57. The predicted molar refractivity (Wildman–Crippen MR) is 141 cm³/mol. The number of nitrogens with zero attached hydrogens (tertiary/aromatic N) is 2. The fraction of sp³-hybridized carbons (Fsp3) is 0.286. The van der Waals surface area contributed by atoms with Gasteiger partial charge in [-0.2, -0.15) is 0 Å². The van der Waals surface area contributed by atoms with E-state index in [0.717, 1.165) is 30.5 Å². The molecule has 2 aliphatic rings. The molecule has 1 saturated carbocycles. The molecular formula is C28H30N6O2. The molecule has 1 fully saturated rings. The summed E-state index contributed by atoms with van der Waals surface area (Å²) in [7, 11) is 0. The smallest absolute Gasteiger partial charge is 0.408 e. The van der Waals surface area contributed by atoms with Gasteiger partial charge >= 0.3 is 6.09 Å². The summed E-state index contributed by atoms with van der Waals surface area (Å²) in [6.07, 6.45) is 3.96. The second kappa shape index (κ2) is 8.78. The van der Waals surface area contributed by atoms with E-state index in [1.807, 2.05) is 75.4 Å². The van der Waals surface area contributed by atoms with Crippen LogP contribution in [-0.4, -0.2) is 28.3 Å². The number of aromatic nitrogens is 1. The lowest BCUT2D eigenvalue weighted by Crippen LogP contribution is -2.52. The number of anilines is 3. The number of amides is 1. The number of rotatable bonds is 3. The minimum absolute atomic E-state index is 0.169. The highest BCUT2D eigenvalue weighted by molar-refractivity contribution is 6.30. The second-order valence-corrected chi connectivity index (χ2v) is 10.2. The largest absolute Gasteiger partial charge is 0.444 e. The summed E-state index contributed by atoms with van der Waals surface area (Å²) in [4.78, 5) is 18.6. The van der Waals surface area contributed by atoms with Crippen molar-refractivity contribution in [2.24, 2.45) is 0 Å². The molecule has 5 rings (SSSR count). The molecule has 8 nitrogen and oxygen atoms in total. The third kappa shape index (κ3) is 4.30. The van der Waals surface area contributed by atoms with Crippen molar-refractivity contribution in [3.8, 4) is 0 Å². The molecule has 0 atom stereocenters. The van der Waals surface area contributed by atoms with E-state index < -0.39 is 17.2 Å². The van der Waals surface area contributed by atoms with Gasteiger partial charge in [0.2, 0.25) is 0 Å². The Bertz CT molecular complexity index is 1340. The molecule has 2 aromatic carbocycles. The average molecular weight is 483 g/mol. The fourth-order valence-corrected chi connectivity index (χ4v) is 4.66. The van der Waals surface area contributed by atoms with Gasteiger partial charge in [0.25, 0.3) is 0 Å². The van der Waals surface area contributed by atoms with Crippen LogP contribution in [0.3, 0.4) is 0 Å². The number of para-hydroxylation sites is 1. The normalized spacial score (nSPS) is 16.0. The van der Waals surface area contributed by atoms with Gasteiger partial charge in [0, 0.05) is 17.3 Å². The van der Waals surface area contributed by atoms with Gasteiger partial charge in [-0.05, 0) is 69.9 Å². The van der Waals surface area contributed by atoms with Gasteiger partial charge in [0.1, 0.15) is 17.3 Å². The maximum absolute atomic E-state index is 12.5. The van der Waals surface area contributed by atoms with E-state index in [0.29, 0.717) is 22.6 Å². The van der Waals surface area contributed by atoms with E-state index in [1.165, 1.54) is 0 Å². The molecule has 184 valence electrons. The van der Waals surface area contributed by atoms with Crippen molar-refractivity contribution in [2.45, 2.75) is 51.2 Å². The maximum Gasteiger partial charge on any atom is 0.408 e. The van der Waals surface area contributed by atoms with Gasteiger partial charge in [-0.3, -0.25) is 15.7 Å². The van der Waals surface area contributed by atoms with Crippen LogP contribution >= 0.6 is 0 Å². The quantitative estimate of drug-likeness (QED) is 0.274. The van der Waals surface area contributed by atoms with Crippen LogP contribution in [0.15, 0.2) is 66.9 Å². The first-order valence-electron chi connectivity index (χ1n) is 12.1. The van der Waals surface area contributed by atoms with Crippen molar-refractivity contribution in [3.63, 3.8) is 0 Å². The van der Waals surface area contributed by atoms with Crippen LogP contribution in [0.5, 0.6) is 0 Å². The number of hydrogen-bond donors (Lipinski definition) is 4. The molecule has 4 N–H and O–H groups in total. The van der Waals surface area contributed by atoms with Crippen LogP contribution in [0.2, 0.25) is 0 Å². The SMILES string of the molecule is CC(C)(C)OC(=O)NC1(c2ccc(C(=N)N3C(=N)c4ccccc4Nc4ncccc43)cc2)CCC1. The van der Waals surface area contributed by atoms with Crippen LogP contribution in [0.25, 0.3) is 0 Å². The Hall–Kier alpha value is -4.20. The van der Waals surface area contributed by atoms with Crippen molar-refractivity contribution in [2.75, 3.05) is 10.2 Å². The Morgan fingerprint density at radius 1 is 1.08 bits per heavy atom. The fourth-order valence-electron chi connectivity index (χ4n) is 4.66. The van der Waals surface area contributed by atoms with Crippen LogP contribution < -0.4 is 15.5 Å². The Morgan fingerprint density at radius 2 is 1.81 bits per heavy atom. The van der Waals surface area contributed by atoms with E-state index in [-0.39, 0.29) is 11.7 Å². The molecule has 8 heteroatoms. The Kier molecular flexibility index (Phi) is 5.74. The molecule has 0 unspecified atom stereocenters. The van der Waals surface area contributed by atoms with E-state index >= 15 is 0 Å². The first-order valence-corrected chi connectivity index (χ1v) is 12.1. The molecule has 1 aromatic heterocycles. The molecule has 3 aromatic rings. The standard InChI is InChI=1S/C28H30N6O2/c1-27(2,3)36-26(35)33-28(15-7-16-28)19-13-11-18(12-14-19)23(29)34-22-10-6-17-31-25(22)32-21-9-5-4-8-20(21)24(34)30/h4-6,8-14,17,29-30H,7,15-16H2,1-3H3,(H,31,32)(H,33,35). The van der Waals surface area contributed by atoms with Gasteiger partial charge in [0.05, 0.1) is 16.9 Å². The number of ether oxygens (including phenoxy) is 1. The monoisotopic (exact) mass is 482 g/mol. The van der Waals surface area contributed by atoms with Crippen molar-refractivity contribution in [3.05, 3.63) is 83.6 Å². The first kappa shape index (κ1) is 23.5. The molecule has 0 bridgehead atoms.